The van der Waals surface area contributed by atoms with E-state index in [1.807, 2.05) is 0 Å². The van der Waals surface area contributed by atoms with E-state index in [4.69, 9.17) is 0 Å². The van der Waals surface area contributed by atoms with Crippen LogP contribution in [0.15, 0.2) is 24.3 Å². The number of sulfone groups is 1. The molecule has 20 heavy (non-hydrogen) atoms. The van der Waals surface area contributed by atoms with Crippen LogP contribution in [0.25, 0.3) is 0 Å². The van der Waals surface area contributed by atoms with Crippen molar-refractivity contribution in [3.8, 4) is 0 Å². The van der Waals surface area contributed by atoms with Crippen LogP contribution < -0.4 is 4.90 Å². The van der Waals surface area contributed by atoms with Crippen LogP contribution in [0.2, 0.25) is 0 Å². The van der Waals surface area contributed by atoms with E-state index in [-0.39, 0.29) is 0 Å². The average Bonchev–Trinajstić information content (AvgIpc) is 2.68. The van der Waals surface area contributed by atoms with Gasteiger partial charge in [-0.2, -0.15) is 0 Å². The monoisotopic (exact) mass is 293 g/mol. The van der Waals surface area contributed by atoms with Gasteiger partial charge in [0.15, 0.2) is 9.84 Å². The molecule has 3 rings (SSSR count). The SMILES string of the molecule is C[C@@H]1CCCN(C[C@@H]2CCS(=O)(=O)C2)c2ccccc21. The molecule has 0 N–H and O–H groups in total. The van der Waals surface area contributed by atoms with E-state index in [1.54, 1.807) is 0 Å². The fourth-order valence-corrected chi connectivity index (χ4v) is 5.42. The molecule has 0 radical (unpaired) electrons. The number of hydrogen-bond donors (Lipinski definition) is 0. The zero-order valence-corrected chi connectivity index (χ0v) is 12.9. The third-order valence-corrected chi connectivity index (χ3v) is 6.52. The summed E-state index contributed by atoms with van der Waals surface area (Å²) in [6.07, 6.45) is 3.24. The number of para-hydroxylation sites is 1. The normalized spacial score (nSPS) is 28.9. The maximum Gasteiger partial charge on any atom is 0.150 e. The Kier molecular flexibility index (Phi) is 3.76. The Morgan fingerprint density at radius 2 is 2.05 bits per heavy atom. The van der Waals surface area contributed by atoms with Gasteiger partial charge in [0.05, 0.1) is 11.5 Å². The summed E-state index contributed by atoms with van der Waals surface area (Å²) in [5.41, 5.74) is 2.74. The Bertz CT molecular complexity index is 582. The second-order valence-corrected chi connectivity index (χ2v) is 8.55. The summed E-state index contributed by atoms with van der Waals surface area (Å²) in [7, 11) is -2.77. The van der Waals surface area contributed by atoms with Gasteiger partial charge in [0.2, 0.25) is 0 Å². The summed E-state index contributed by atoms with van der Waals surface area (Å²) in [5.74, 6) is 1.66. The first-order valence-corrected chi connectivity index (χ1v) is 9.41. The Morgan fingerprint density at radius 1 is 1.25 bits per heavy atom. The Balaban J connectivity index is 1.81. The van der Waals surface area contributed by atoms with E-state index in [1.165, 1.54) is 24.1 Å². The number of fused-ring (bicyclic) bond motifs is 1. The number of anilines is 1. The second kappa shape index (κ2) is 5.40. The number of rotatable bonds is 2. The zero-order chi connectivity index (χ0) is 14.2. The van der Waals surface area contributed by atoms with Gasteiger partial charge >= 0.3 is 0 Å². The maximum absolute atomic E-state index is 11.6. The van der Waals surface area contributed by atoms with Crippen LogP contribution in [0.3, 0.4) is 0 Å². The molecule has 1 saturated heterocycles. The van der Waals surface area contributed by atoms with Gasteiger partial charge in [0, 0.05) is 18.8 Å². The van der Waals surface area contributed by atoms with Gasteiger partial charge in [-0.15, -0.1) is 0 Å². The van der Waals surface area contributed by atoms with E-state index in [0.717, 1.165) is 19.5 Å². The summed E-state index contributed by atoms with van der Waals surface area (Å²) in [4.78, 5) is 2.42. The van der Waals surface area contributed by atoms with Crippen LogP contribution in [0.5, 0.6) is 0 Å². The molecule has 0 aliphatic carbocycles. The molecule has 110 valence electrons. The molecule has 0 amide bonds. The van der Waals surface area contributed by atoms with Gasteiger partial charge in [-0.25, -0.2) is 8.42 Å². The molecule has 2 heterocycles. The van der Waals surface area contributed by atoms with Crippen molar-refractivity contribution in [3.05, 3.63) is 29.8 Å². The molecule has 4 heteroatoms. The Morgan fingerprint density at radius 3 is 2.80 bits per heavy atom. The van der Waals surface area contributed by atoms with Gasteiger partial charge in [-0.3, -0.25) is 0 Å². The molecule has 0 saturated carbocycles. The Hall–Kier alpha value is -1.03. The quantitative estimate of drug-likeness (QED) is 0.841. The van der Waals surface area contributed by atoms with Gasteiger partial charge in [0.1, 0.15) is 0 Å². The lowest BCUT2D eigenvalue weighted by Gasteiger charge is -2.28. The predicted octanol–water partition coefficient (Wildman–Crippen LogP) is 2.83. The van der Waals surface area contributed by atoms with E-state index in [2.05, 4.69) is 36.1 Å². The molecule has 2 atom stereocenters. The van der Waals surface area contributed by atoms with Crippen molar-refractivity contribution in [1.29, 1.82) is 0 Å². The molecular weight excluding hydrogens is 270 g/mol. The first-order chi connectivity index (χ1) is 9.55. The summed E-state index contributed by atoms with van der Waals surface area (Å²) in [5, 5.41) is 0. The molecule has 2 aliphatic heterocycles. The van der Waals surface area contributed by atoms with Gasteiger partial charge < -0.3 is 4.90 Å². The van der Waals surface area contributed by atoms with Gasteiger partial charge in [0.25, 0.3) is 0 Å². The van der Waals surface area contributed by atoms with Crippen LogP contribution in [0, 0.1) is 5.92 Å². The minimum Gasteiger partial charge on any atom is -0.371 e. The lowest BCUT2D eigenvalue weighted by molar-refractivity contribution is 0.558. The standard InChI is InChI=1S/C16H23NO2S/c1-13-5-4-9-17(16-7-3-2-6-15(13)16)11-14-8-10-20(18,19)12-14/h2-3,6-7,13-14H,4-5,8-12H2,1H3/t13-,14+/m1/s1. The molecule has 1 aromatic carbocycles. The highest BCUT2D eigenvalue weighted by molar-refractivity contribution is 7.91. The minimum atomic E-state index is -2.77. The Labute approximate surface area is 121 Å². The summed E-state index contributed by atoms with van der Waals surface area (Å²) in [6, 6.07) is 8.62. The van der Waals surface area contributed by atoms with Crippen molar-refractivity contribution in [3.63, 3.8) is 0 Å². The molecule has 3 nitrogen and oxygen atoms in total. The maximum atomic E-state index is 11.6. The highest BCUT2D eigenvalue weighted by Gasteiger charge is 2.30. The minimum absolute atomic E-state index is 0.307. The molecular formula is C16H23NO2S. The summed E-state index contributed by atoms with van der Waals surface area (Å²) in [6.45, 7) is 4.24. The van der Waals surface area contributed by atoms with Crippen LogP contribution in [0.1, 0.15) is 37.7 Å². The molecule has 0 bridgehead atoms. The van der Waals surface area contributed by atoms with Crippen LogP contribution in [-0.4, -0.2) is 33.0 Å². The van der Waals surface area contributed by atoms with E-state index < -0.39 is 9.84 Å². The smallest absolute Gasteiger partial charge is 0.150 e. The lowest BCUT2D eigenvalue weighted by atomic mass is 9.96. The number of hydrogen-bond acceptors (Lipinski definition) is 3. The van der Waals surface area contributed by atoms with Gasteiger partial charge in [-0.1, -0.05) is 25.1 Å². The van der Waals surface area contributed by atoms with Gasteiger partial charge in [-0.05, 0) is 42.7 Å². The first-order valence-electron chi connectivity index (χ1n) is 7.59. The van der Waals surface area contributed by atoms with E-state index in [0.29, 0.717) is 23.3 Å². The molecule has 2 aliphatic rings. The van der Waals surface area contributed by atoms with Crippen LogP contribution in [0.4, 0.5) is 5.69 Å². The summed E-state index contributed by atoms with van der Waals surface area (Å²) < 4.78 is 23.3. The average molecular weight is 293 g/mol. The van der Waals surface area contributed by atoms with Crippen molar-refractivity contribution >= 4 is 15.5 Å². The molecule has 0 unspecified atom stereocenters. The number of benzene rings is 1. The lowest BCUT2D eigenvalue weighted by Crippen LogP contribution is -2.30. The highest BCUT2D eigenvalue weighted by Crippen LogP contribution is 2.35. The number of nitrogens with zero attached hydrogens (tertiary/aromatic N) is 1. The first kappa shape index (κ1) is 13.9. The topological polar surface area (TPSA) is 37.4 Å². The van der Waals surface area contributed by atoms with Crippen molar-refractivity contribution < 1.29 is 8.42 Å². The second-order valence-electron chi connectivity index (χ2n) is 6.32. The molecule has 0 spiro atoms. The molecule has 1 fully saturated rings. The van der Waals surface area contributed by atoms with Crippen molar-refractivity contribution in [2.75, 3.05) is 29.5 Å². The van der Waals surface area contributed by atoms with Crippen molar-refractivity contribution in [2.45, 2.75) is 32.1 Å². The van der Waals surface area contributed by atoms with Crippen LogP contribution in [-0.2, 0) is 9.84 Å². The van der Waals surface area contributed by atoms with Crippen molar-refractivity contribution in [1.82, 2.24) is 0 Å². The highest BCUT2D eigenvalue weighted by atomic mass is 32.2. The molecule has 0 aromatic heterocycles. The van der Waals surface area contributed by atoms with Crippen LogP contribution >= 0.6 is 0 Å². The predicted molar refractivity (Wildman–Crippen MR) is 83.1 cm³/mol. The van der Waals surface area contributed by atoms with Crippen molar-refractivity contribution in [2.24, 2.45) is 5.92 Å². The fourth-order valence-electron chi connectivity index (χ4n) is 3.57. The fraction of sp³-hybridized carbons (Fsp3) is 0.625. The summed E-state index contributed by atoms with van der Waals surface area (Å²) >= 11 is 0. The van der Waals surface area contributed by atoms with E-state index in [9.17, 15) is 8.42 Å². The third kappa shape index (κ3) is 2.85. The third-order valence-electron chi connectivity index (χ3n) is 4.68. The molecule has 1 aromatic rings. The zero-order valence-electron chi connectivity index (χ0n) is 12.1. The van der Waals surface area contributed by atoms with E-state index >= 15 is 0 Å². The largest absolute Gasteiger partial charge is 0.371 e.